The lowest BCUT2D eigenvalue weighted by Gasteiger charge is -2.02. The van der Waals surface area contributed by atoms with Gasteiger partial charge >= 0.3 is 0 Å². The average Bonchev–Trinajstić information content (AvgIpc) is 2.70. The maximum atomic E-state index is 11.5. The Kier molecular flexibility index (Phi) is 3.78. The van der Waals surface area contributed by atoms with Crippen molar-refractivity contribution in [2.45, 2.75) is 19.9 Å². The number of fused-ring (bicyclic) bond motifs is 1. The van der Waals surface area contributed by atoms with Gasteiger partial charge in [-0.25, -0.2) is 4.98 Å². The van der Waals surface area contributed by atoms with Gasteiger partial charge in [-0.2, -0.15) is 0 Å². The first kappa shape index (κ1) is 12.8. The summed E-state index contributed by atoms with van der Waals surface area (Å²) in [5, 5.41) is 3.24. The molecule has 0 unspecified atom stereocenters. The summed E-state index contributed by atoms with van der Waals surface area (Å²) in [4.78, 5) is 15.8. The fourth-order valence-electron chi connectivity index (χ4n) is 1.43. The van der Waals surface area contributed by atoms with E-state index in [0.29, 0.717) is 11.7 Å². The Labute approximate surface area is 109 Å². The quantitative estimate of drug-likeness (QED) is 0.886. The first-order valence-corrected chi connectivity index (χ1v) is 6.51. The van der Waals surface area contributed by atoms with Gasteiger partial charge in [0.2, 0.25) is 5.91 Å². The fraction of sp³-hybridized carbons (Fsp3) is 0.333. The molecule has 0 aliphatic heterocycles. The van der Waals surface area contributed by atoms with Crippen molar-refractivity contribution in [1.82, 2.24) is 4.98 Å². The van der Waals surface area contributed by atoms with Crippen molar-refractivity contribution in [3.8, 4) is 5.75 Å². The topological polar surface area (TPSA) is 77.2 Å². The lowest BCUT2D eigenvalue weighted by atomic mass is 10.3. The van der Waals surface area contributed by atoms with Crippen LogP contribution in [-0.2, 0) is 4.79 Å². The minimum absolute atomic E-state index is 0.237. The molecule has 2 aromatic rings. The number of nitrogens with two attached hydrogens (primary N) is 1. The van der Waals surface area contributed by atoms with E-state index in [1.807, 2.05) is 25.1 Å². The lowest BCUT2D eigenvalue weighted by molar-refractivity contribution is -0.117. The number of nitrogens with one attached hydrogen (secondary N) is 1. The number of amides is 1. The molecule has 5 nitrogen and oxygen atoms in total. The van der Waals surface area contributed by atoms with E-state index in [-0.39, 0.29) is 5.91 Å². The second-order valence-corrected chi connectivity index (χ2v) is 4.89. The van der Waals surface area contributed by atoms with Crippen molar-refractivity contribution in [3.63, 3.8) is 0 Å². The van der Waals surface area contributed by atoms with E-state index in [4.69, 9.17) is 10.5 Å². The number of aromatic nitrogens is 1. The number of benzene rings is 1. The van der Waals surface area contributed by atoms with Crippen molar-refractivity contribution < 1.29 is 9.53 Å². The maximum absolute atomic E-state index is 11.5. The lowest BCUT2D eigenvalue weighted by Crippen LogP contribution is -2.32. The predicted molar refractivity (Wildman–Crippen MR) is 73.1 cm³/mol. The zero-order valence-electron chi connectivity index (χ0n) is 10.3. The van der Waals surface area contributed by atoms with E-state index in [0.717, 1.165) is 16.0 Å². The summed E-state index contributed by atoms with van der Waals surface area (Å²) >= 11 is 1.40. The number of rotatable bonds is 4. The van der Waals surface area contributed by atoms with Gasteiger partial charge in [0.1, 0.15) is 5.75 Å². The van der Waals surface area contributed by atoms with Crippen LogP contribution in [0.15, 0.2) is 18.2 Å². The molecule has 3 N–H and O–H groups in total. The molecular formula is C12H15N3O2S. The van der Waals surface area contributed by atoms with Crippen LogP contribution >= 0.6 is 11.3 Å². The Morgan fingerprint density at radius 1 is 1.61 bits per heavy atom. The molecule has 0 bridgehead atoms. The van der Waals surface area contributed by atoms with Crippen molar-refractivity contribution in [3.05, 3.63) is 18.2 Å². The van der Waals surface area contributed by atoms with Gasteiger partial charge in [0.05, 0.1) is 22.9 Å². The maximum Gasteiger partial charge on any atom is 0.242 e. The molecule has 0 aliphatic rings. The van der Waals surface area contributed by atoms with Gasteiger partial charge in [-0.3, -0.25) is 4.79 Å². The SMILES string of the molecule is CCOc1ccc2nc(NC(=O)[C@H](C)N)sc2c1. The summed E-state index contributed by atoms with van der Waals surface area (Å²) in [6.45, 7) is 4.19. The van der Waals surface area contributed by atoms with Crippen molar-refractivity contribution in [2.24, 2.45) is 5.73 Å². The number of ether oxygens (including phenoxy) is 1. The molecule has 1 aromatic carbocycles. The van der Waals surface area contributed by atoms with E-state index in [9.17, 15) is 4.79 Å². The molecule has 0 spiro atoms. The highest BCUT2D eigenvalue weighted by Gasteiger charge is 2.11. The highest BCUT2D eigenvalue weighted by atomic mass is 32.1. The van der Waals surface area contributed by atoms with Gasteiger partial charge in [0.15, 0.2) is 5.13 Å². The molecule has 2 rings (SSSR count). The van der Waals surface area contributed by atoms with Gasteiger partial charge in [-0.1, -0.05) is 11.3 Å². The highest BCUT2D eigenvalue weighted by molar-refractivity contribution is 7.22. The summed E-state index contributed by atoms with van der Waals surface area (Å²) in [5.74, 6) is 0.567. The number of hydrogen-bond donors (Lipinski definition) is 2. The van der Waals surface area contributed by atoms with Crippen LogP contribution in [0.4, 0.5) is 5.13 Å². The molecule has 1 heterocycles. The van der Waals surface area contributed by atoms with Crippen LogP contribution in [0.3, 0.4) is 0 Å². The zero-order chi connectivity index (χ0) is 13.1. The molecule has 1 amide bonds. The van der Waals surface area contributed by atoms with Crippen LogP contribution in [0.2, 0.25) is 0 Å². The van der Waals surface area contributed by atoms with Crippen molar-refractivity contribution in [1.29, 1.82) is 0 Å². The van der Waals surface area contributed by atoms with Gasteiger partial charge in [0.25, 0.3) is 0 Å². The summed E-state index contributed by atoms with van der Waals surface area (Å²) in [7, 11) is 0. The van der Waals surface area contributed by atoms with Crippen molar-refractivity contribution in [2.75, 3.05) is 11.9 Å². The Morgan fingerprint density at radius 2 is 2.39 bits per heavy atom. The van der Waals surface area contributed by atoms with Crippen LogP contribution in [0, 0.1) is 0 Å². The third-order valence-electron chi connectivity index (χ3n) is 2.31. The third-order valence-corrected chi connectivity index (χ3v) is 3.25. The van der Waals surface area contributed by atoms with Crippen LogP contribution in [0.25, 0.3) is 10.2 Å². The Bertz CT molecular complexity index is 565. The van der Waals surface area contributed by atoms with E-state index < -0.39 is 6.04 Å². The van der Waals surface area contributed by atoms with E-state index in [1.54, 1.807) is 6.92 Å². The number of anilines is 1. The first-order valence-electron chi connectivity index (χ1n) is 5.70. The third kappa shape index (κ3) is 2.77. The molecule has 0 fully saturated rings. The van der Waals surface area contributed by atoms with Gasteiger partial charge < -0.3 is 15.8 Å². The van der Waals surface area contributed by atoms with Crippen LogP contribution < -0.4 is 15.8 Å². The summed E-state index contributed by atoms with van der Waals surface area (Å²) in [6.07, 6.45) is 0. The smallest absolute Gasteiger partial charge is 0.242 e. The van der Waals surface area contributed by atoms with Gasteiger partial charge in [-0.15, -0.1) is 0 Å². The molecule has 0 radical (unpaired) electrons. The fourth-order valence-corrected chi connectivity index (χ4v) is 2.33. The number of thiazole rings is 1. The number of nitrogens with zero attached hydrogens (tertiary/aromatic N) is 1. The van der Waals surface area contributed by atoms with Gasteiger partial charge in [0, 0.05) is 0 Å². The average molecular weight is 265 g/mol. The summed E-state index contributed by atoms with van der Waals surface area (Å²) < 4.78 is 6.39. The summed E-state index contributed by atoms with van der Waals surface area (Å²) in [5.41, 5.74) is 6.32. The van der Waals surface area contributed by atoms with Crippen LogP contribution in [-0.4, -0.2) is 23.5 Å². The Hall–Kier alpha value is -1.66. The van der Waals surface area contributed by atoms with Crippen LogP contribution in [0.5, 0.6) is 5.75 Å². The molecule has 0 aliphatic carbocycles. The second kappa shape index (κ2) is 5.32. The molecule has 0 saturated carbocycles. The minimum Gasteiger partial charge on any atom is -0.494 e. The molecule has 1 aromatic heterocycles. The van der Waals surface area contributed by atoms with E-state index in [1.165, 1.54) is 11.3 Å². The number of hydrogen-bond acceptors (Lipinski definition) is 5. The first-order chi connectivity index (χ1) is 8.60. The van der Waals surface area contributed by atoms with Gasteiger partial charge in [-0.05, 0) is 32.0 Å². The Morgan fingerprint density at radius 3 is 3.06 bits per heavy atom. The minimum atomic E-state index is -0.545. The van der Waals surface area contributed by atoms with Crippen molar-refractivity contribution >= 4 is 32.6 Å². The number of carbonyl (C=O) groups is 1. The largest absolute Gasteiger partial charge is 0.494 e. The number of carbonyl (C=O) groups excluding carboxylic acids is 1. The molecular weight excluding hydrogens is 250 g/mol. The normalized spacial score (nSPS) is 12.4. The monoisotopic (exact) mass is 265 g/mol. The molecule has 1 atom stereocenters. The van der Waals surface area contributed by atoms with E-state index in [2.05, 4.69) is 10.3 Å². The predicted octanol–water partition coefficient (Wildman–Crippen LogP) is 1.98. The standard InChI is InChI=1S/C12H15N3O2S/c1-3-17-8-4-5-9-10(6-8)18-12(14-9)15-11(16)7(2)13/h4-7H,3,13H2,1-2H3,(H,14,15,16)/t7-/m0/s1. The Balaban J connectivity index is 2.24. The van der Waals surface area contributed by atoms with E-state index >= 15 is 0 Å². The zero-order valence-corrected chi connectivity index (χ0v) is 11.1. The molecule has 18 heavy (non-hydrogen) atoms. The molecule has 6 heteroatoms. The molecule has 96 valence electrons. The second-order valence-electron chi connectivity index (χ2n) is 3.86. The van der Waals surface area contributed by atoms with Crippen LogP contribution in [0.1, 0.15) is 13.8 Å². The molecule has 0 saturated heterocycles. The highest BCUT2D eigenvalue weighted by Crippen LogP contribution is 2.29. The summed E-state index contributed by atoms with van der Waals surface area (Å²) in [6, 6.07) is 5.11.